The van der Waals surface area contributed by atoms with E-state index >= 15 is 0 Å². The fourth-order valence-electron chi connectivity index (χ4n) is 2.49. The highest BCUT2D eigenvalue weighted by atomic mass is 16.5. The molecule has 106 valence electrons. The molecule has 18 heavy (non-hydrogen) atoms. The lowest BCUT2D eigenvalue weighted by Gasteiger charge is -2.27. The predicted octanol–water partition coefficient (Wildman–Crippen LogP) is 1.75. The van der Waals surface area contributed by atoms with Gasteiger partial charge in [0, 0.05) is 13.1 Å². The Labute approximate surface area is 111 Å². The average Bonchev–Trinajstić information content (AvgIpc) is 2.86. The molecule has 0 bridgehead atoms. The number of hydrogen-bond acceptors (Lipinski definition) is 4. The molecule has 4 heteroatoms. The van der Waals surface area contributed by atoms with Gasteiger partial charge in [-0.3, -0.25) is 9.69 Å². The largest absolute Gasteiger partial charge is 0.465 e. The van der Waals surface area contributed by atoms with Gasteiger partial charge in [-0.1, -0.05) is 13.3 Å². The van der Waals surface area contributed by atoms with E-state index in [1.165, 1.54) is 25.9 Å². The maximum absolute atomic E-state index is 11.9. The summed E-state index contributed by atoms with van der Waals surface area (Å²) in [5, 5.41) is 0. The van der Waals surface area contributed by atoms with Crippen molar-refractivity contribution in [3.63, 3.8) is 0 Å². The Morgan fingerprint density at radius 2 is 2.00 bits per heavy atom. The maximum Gasteiger partial charge on any atom is 0.323 e. The molecule has 0 saturated carbocycles. The van der Waals surface area contributed by atoms with Crippen molar-refractivity contribution in [1.29, 1.82) is 0 Å². The van der Waals surface area contributed by atoms with E-state index in [1.54, 1.807) is 0 Å². The molecular weight excluding hydrogens is 228 g/mol. The molecule has 0 aliphatic carbocycles. The van der Waals surface area contributed by atoms with Gasteiger partial charge in [-0.25, -0.2) is 0 Å². The van der Waals surface area contributed by atoms with Gasteiger partial charge in [-0.05, 0) is 46.3 Å². The molecule has 1 aliphatic rings. The van der Waals surface area contributed by atoms with Crippen molar-refractivity contribution in [2.75, 3.05) is 39.8 Å². The van der Waals surface area contributed by atoms with Gasteiger partial charge in [0.15, 0.2) is 0 Å². The van der Waals surface area contributed by atoms with Crippen LogP contribution in [0.3, 0.4) is 0 Å². The number of likely N-dealkylation sites (tertiary alicyclic amines) is 1. The maximum atomic E-state index is 11.9. The molecule has 0 radical (unpaired) electrons. The molecule has 1 fully saturated rings. The zero-order valence-electron chi connectivity index (χ0n) is 12.2. The predicted molar refractivity (Wildman–Crippen MR) is 73.6 cm³/mol. The second-order valence-electron chi connectivity index (χ2n) is 5.09. The second-order valence-corrected chi connectivity index (χ2v) is 5.09. The van der Waals surface area contributed by atoms with Gasteiger partial charge in [-0.15, -0.1) is 0 Å². The smallest absolute Gasteiger partial charge is 0.323 e. The molecule has 1 unspecified atom stereocenters. The molecule has 0 spiro atoms. The van der Waals surface area contributed by atoms with Crippen molar-refractivity contribution in [3.8, 4) is 0 Å². The molecule has 0 aromatic heterocycles. The van der Waals surface area contributed by atoms with Gasteiger partial charge in [0.1, 0.15) is 6.04 Å². The average molecular weight is 256 g/mol. The molecule has 1 heterocycles. The van der Waals surface area contributed by atoms with Crippen molar-refractivity contribution in [1.82, 2.24) is 9.80 Å². The van der Waals surface area contributed by atoms with Gasteiger partial charge >= 0.3 is 5.97 Å². The lowest BCUT2D eigenvalue weighted by Crippen LogP contribution is -2.43. The first kappa shape index (κ1) is 15.4. The van der Waals surface area contributed by atoms with E-state index in [-0.39, 0.29) is 12.0 Å². The van der Waals surface area contributed by atoms with Crippen LogP contribution in [0, 0.1) is 0 Å². The van der Waals surface area contributed by atoms with Gasteiger partial charge in [0.25, 0.3) is 0 Å². The number of nitrogens with zero attached hydrogens (tertiary/aromatic N) is 2. The first-order valence-electron chi connectivity index (χ1n) is 7.28. The Morgan fingerprint density at radius 3 is 2.56 bits per heavy atom. The monoisotopic (exact) mass is 256 g/mol. The van der Waals surface area contributed by atoms with Gasteiger partial charge in [0.05, 0.1) is 6.61 Å². The van der Waals surface area contributed by atoms with Crippen LogP contribution in [0.1, 0.15) is 39.5 Å². The second kappa shape index (κ2) is 8.48. The summed E-state index contributed by atoms with van der Waals surface area (Å²) in [6.07, 6.45) is 4.53. The van der Waals surface area contributed by atoms with E-state index in [0.29, 0.717) is 6.61 Å². The van der Waals surface area contributed by atoms with Crippen LogP contribution < -0.4 is 0 Å². The van der Waals surface area contributed by atoms with Crippen LogP contribution in [0.2, 0.25) is 0 Å². The van der Waals surface area contributed by atoms with Crippen LogP contribution in [-0.2, 0) is 9.53 Å². The Bertz CT molecular complexity index is 240. The Morgan fingerprint density at radius 1 is 1.33 bits per heavy atom. The number of hydrogen-bond donors (Lipinski definition) is 0. The molecule has 4 nitrogen and oxygen atoms in total. The Balaban J connectivity index is 2.37. The highest BCUT2D eigenvalue weighted by molar-refractivity contribution is 5.75. The fourth-order valence-corrected chi connectivity index (χ4v) is 2.49. The number of ether oxygens (including phenoxy) is 1. The highest BCUT2D eigenvalue weighted by Gasteiger charge is 2.24. The zero-order valence-corrected chi connectivity index (χ0v) is 12.2. The standard InChI is InChI=1S/C14H28N2O2/c1-4-8-13(14(17)18-5-2)15(3)11-12-16-9-6-7-10-16/h13H,4-12H2,1-3H3. The first-order chi connectivity index (χ1) is 8.69. The van der Waals surface area contributed by atoms with Crippen LogP contribution in [0.4, 0.5) is 0 Å². The molecule has 1 saturated heterocycles. The van der Waals surface area contributed by atoms with Gasteiger partial charge in [-0.2, -0.15) is 0 Å². The van der Waals surface area contributed by atoms with Crippen molar-refractivity contribution >= 4 is 5.97 Å². The third kappa shape index (κ3) is 4.94. The van der Waals surface area contributed by atoms with Crippen molar-refractivity contribution < 1.29 is 9.53 Å². The van der Waals surface area contributed by atoms with E-state index < -0.39 is 0 Å². The molecule has 0 aromatic carbocycles. The highest BCUT2D eigenvalue weighted by Crippen LogP contribution is 2.10. The van der Waals surface area contributed by atoms with Gasteiger partial charge < -0.3 is 9.64 Å². The normalized spacial score (nSPS) is 18.2. The van der Waals surface area contributed by atoms with Crippen molar-refractivity contribution in [3.05, 3.63) is 0 Å². The third-order valence-corrected chi connectivity index (χ3v) is 3.62. The fraction of sp³-hybridized carbons (Fsp3) is 0.929. The van der Waals surface area contributed by atoms with Crippen molar-refractivity contribution in [2.45, 2.75) is 45.6 Å². The SMILES string of the molecule is CCCC(C(=O)OCC)N(C)CCN1CCCC1. The number of carbonyl (C=O) groups excluding carboxylic acids is 1. The summed E-state index contributed by atoms with van der Waals surface area (Å²) >= 11 is 0. The molecule has 0 N–H and O–H groups in total. The summed E-state index contributed by atoms with van der Waals surface area (Å²) < 4.78 is 5.16. The lowest BCUT2D eigenvalue weighted by atomic mass is 10.1. The Kier molecular flexibility index (Phi) is 7.28. The molecule has 0 amide bonds. The van der Waals surface area contributed by atoms with E-state index in [2.05, 4.69) is 16.7 Å². The number of esters is 1. The summed E-state index contributed by atoms with van der Waals surface area (Å²) in [4.78, 5) is 16.5. The van der Waals surface area contributed by atoms with E-state index in [4.69, 9.17) is 4.74 Å². The molecule has 1 aliphatic heterocycles. The minimum Gasteiger partial charge on any atom is -0.465 e. The molecule has 1 atom stereocenters. The van der Waals surface area contributed by atoms with E-state index in [0.717, 1.165) is 25.9 Å². The zero-order chi connectivity index (χ0) is 13.4. The lowest BCUT2D eigenvalue weighted by molar-refractivity contribution is -0.149. The summed E-state index contributed by atoms with van der Waals surface area (Å²) in [6.45, 7) is 8.89. The molecule has 1 rings (SSSR count). The quantitative estimate of drug-likeness (QED) is 0.619. The minimum atomic E-state index is -0.0717. The third-order valence-electron chi connectivity index (χ3n) is 3.62. The van der Waals surface area contributed by atoms with Crippen LogP contribution in [-0.4, -0.2) is 61.6 Å². The van der Waals surface area contributed by atoms with Gasteiger partial charge in [0.2, 0.25) is 0 Å². The topological polar surface area (TPSA) is 32.8 Å². The van der Waals surface area contributed by atoms with Crippen LogP contribution in [0.15, 0.2) is 0 Å². The van der Waals surface area contributed by atoms with Crippen LogP contribution in [0.25, 0.3) is 0 Å². The molecular formula is C14H28N2O2. The van der Waals surface area contributed by atoms with E-state index in [1.807, 2.05) is 14.0 Å². The van der Waals surface area contributed by atoms with Crippen LogP contribution >= 0.6 is 0 Å². The van der Waals surface area contributed by atoms with E-state index in [9.17, 15) is 4.79 Å². The Hall–Kier alpha value is -0.610. The summed E-state index contributed by atoms with van der Waals surface area (Å²) in [5.74, 6) is -0.0664. The van der Waals surface area contributed by atoms with Crippen molar-refractivity contribution in [2.24, 2.45) is 0 Å². The minimum absolute atomic E-state index is 0.0664. The number of likely N-dealkylation sites (N-methyl/N-ethyl adjacent to an activating group) is 1. The first-order valence-corrected chi connectivity index (χ1v) is 7.28. The van der Waals surface area contributed by atoms with Crippen LogP contribution in [0.5, 0.6) is 0 Å². The molecule has 0 aromatic rings. The number of rotatable bonds is 8. The summed E-state index contributed by atoms with van der Waals surface area (Å²) in [7, 11) is 2.04. The number of carbonyl (C=O) groups is 1. The summed E-state index contributed by atoms with van der Waals surface area (Å²) in [5.41, 5.74) is 0. The summed E-state index contributed by atoms with van der Waals surface area (Å²) in [6, 6.07) is -0.0717.